The van der Waals surface area contributed by atoms with Gasteiger partial charge in [-0.05, 0) is 112 Å². The topological polar surface area (TPSA) is 136 Å². The molecule has 0 fully saturated rings. The molecule has 2 unspecified atom stereocenters. The summed E-state index contributed by atoms with van der Waals surface area (Å²) in [4.78, 5) is 23.1. The Kier molecular flexibility index (Phi) is 13.8. The molecule has 0 aliphatic heterocycles. The second kappa shape index (κ2) is 17.0. The first-order chi connectivity index (χ1) is 21.2. The summed E-state index contributed by atoms with van der Waals surface area (Å²) in [5, 5.41) is 18.2. The Hall–Kier alpha value is -4.62. The van der Waals surface area contributed by atoms with E-state index in [0.29, 0.717) is 28.1 Å². The molecular weight excluding hydrogens is 564 g/mol. The van der Waals surface area contributed by atoms with E-state index in [4.69, 9.17) is 21.3 Å². The number of carbonyl (C=O) groups is 2. The van der Waals surface area contributed by atoms with Gasteiger partial charge in [0.25, 0.3) is 0 Å². The third-order valence-corrected chi connectivity index (χ3v) is 7.59. The van der Waals surface area contributed by atoms with Crippen molar-refractivity contribution in [2.24, 2.45) is 0 Å². The fourth-order valence-corrected chi connectivity index (χ4v) is 4.51. The number of aliphatic hydroxyl groups excluding tert-OH is 1. The number of benzene rings is 4. The van der Waals surface area contributed by atoms with Crippen LogP contribution in [0.1, 0.15) is 104 Å². The molecule has 45 heavy (non-hydrogen) atoms. The number of aromatic carboxylic acids is 1. The maximum absolute atomic E-state index is 12.5. The number of carbonyl (C=O) groups excluding carboxylic acids is 1. The van der Waals surface area contributed by atoms with Gasteiger partial charge in [-0.25, -0.2) is 9.59 Å². The van der Waals surface area contributed by atoms with Crippen LogP contribution in [0.4, 0.5) is 11.4 Å². The number of anilines is 2. The van der Waals surface area contributed by atoms with Crippen molar-refractivity contribution in [1.82, 2.24) is 0 Å². The second-order valence-electron chi connectivity index (χ2n) is 11.4. The van der Waals surface area contributed by atoms with E-state index >= 15 is 0 Å². The smallest absolute Gasteiger partial charge is 0.339 e. The van der Waals surface area contributed by atoms with Gasteiger partial charge in [-0.15, -0.1) is 0 Å². The third kappa shape index (κ3) is 10.8. The van der Waals surface area contributed by atoms with Crippen molar-refractivity contribution in [2.75, 3.05) is 11.5 Å². The van der Waals surface area contributed by atoms with Gasteiger partial charge < -0.3 is 26.4 Å². The number of nitrogen functional groups attached to an aromatic ring is 2. The van der Waals surface area contributed by atoms with Gasteiger partial charge in [0.05, 0.1) is 17.2 Å². The molecule has 6 N–H and O–H groups in total. The zero-order valence-corrected chi connectivity index (χ0v) is 27.8. The van der Waals surface area contributed by atoms with Gasteiger partial charge in [0, 0.05) is 11.4 Å². The van der Waals surface area contributed by atoms with E-state index in [9.17, 15) is 14.7 Å². The molecule has 7 nitrogen and oxygen atoms in total. The predicted molar refractivity (Wildman–Crippen MR) is 184 cm³/mol. The first-order valence-electron chi connectivity index (χ1n) is 15.2. The van der Waals surface area contributed by atoms with E-state index in [2.05, 4.69) is 0 Å². The van der Waals surface area contributed by atoms with E-state index in [-0.39, 0.29) is 18.2 Å². The van der Waals surface area contributed by atoms with Crippen LogP contribution < -0.4 is 11.5 Å². The minimum Gasteiger partial charge on any atom is -0.478 e. The molecule has 0 aromatic heterocycles. The molecule has 0 aliphatic carbocycles. The van der Waals surface area contributed by atoms with Crippen molar-refractivity contribution in [3.8, 4) is 0 Å². The quantitative estimate of drug-likeness (QED) is 0.121. The lowest BCUT2D eigenvalue weighted by atomic mass is 10.0. The molecule has 2 atom stereocenters. The number of nitrogens with two attached hydrogens (primary N) is 2. The molecule has 0 heterocycles. The number of hydrogen-bond donors (Lipinski definition) is 4. The van der Waals surface area contributed by atoms with Crippen LogP contribution in [0, 0.1) is 41.5 Å². The summed E-state index contributed by atoms with van der Waals surface area (Å²) >= 11 is 0. The van der Waals surface area contributed by atoms with Crippen molar-refractivity contribution in [1.29, 1.82) is 0 Å². The Labute approximate surface area is 267 Å². The largest absolute Gasteiger partial charge is 0.478 e. The molecule has 0 aliphatic rings. The molecule has 4 rings (SSSR count). The normalized spacial score (nSPS) is 11.7. The second-order valence-corrected chi connectivity index (χ2v) is 11.4. The Bertz CT molecular complexity index is 1580. The van der Waals surface area contributed by atoms with Crippen LogP contribution in [0.2, 0.25) is 0 Å². The summed E-state index contributed by atoms with van der Waals surface area (Å²) in [5.41, 5.74) is 21.4. The Balaban J connectivity index is 0.000000259. The van der Waals surface area contributed by atoms with Crippen molar-refractivity contribution < 1.29 is 24.5 Å². The Morgan fingerprint density at radius 1 is 0.644 bits per heavy atom. The molecular formula is C38H48N2O5. The summed E-state index contributed by atoms with van der Waals surface area (Å²) in [6, 6.07) is 23.0. The van der Waals surface area contributed by atoms with Crippen LogP contribution in [0.15, 0.2) is 72.8 Å². The summed E-state index contributed by atoms with van der Waals surface area (Å²) in [7, 11) is 0. The van der Waals surface area contributed by atoms with E-state index in [1.54, 1.807) is 32.0 Å². The SMILES string of the molecule is CCC(O)c1ccc(C)cc1.CCC(OC(=O)c1cc(C)c(N)cc1C)c1ccc(C)cc1.Cc1cc(C(=O)O)c(C)cc1N. The fraction of sp³-hybridized carbons (Fsp3) is 0.316. The number of aliphatic hydroxyl groups is 1. The summed E-state index contributed by atoms with van der Waals surface area (Å²) < 4.78 is 5.71. The van der Waals surface area contributed by atoms with Crippen LogP contribution in [-0.2, 0) is 4.74 Å². The minimum atomic E-state index is -0.907. The van der Waals surface area contributed by atoms with Crippen molar-refractivity contribution in [3.63, 3.8) is 0 Å². The number of esters is 1. The van der Waals surface area contributed by atoms with Gasteiger partial charge >= 0.3 is 11.9 Å². The Morgan fingerprint density at radius 2 is 1.07 bits per heavy atom. The number of hydrogen-bond acceptors (Lipinski definition) is 6. The number of aryl methyl sites for hydroxylation is 6. The fourth-order valence-electron chi connectivity index (χ4n) is 4.51. The number of carboxylic acid groups (broad SMARTS) is 1. The lowest BCUT2D eigenvalue weighted by Gasteiger charge is -2.18. The van der Waals surface area contributed by atoms with Crippen LogP contribution in [0.5, 0.6) is 0 Å². The molecule has 240 valence electrons. The van der Waals surface area contributed by atoms with E-state index in [1.165, 1.54) is 11.1 Å². The van der Waals surface area contributed by atoms with Gasteiger partial charge in [0.15, 0.2) is 0 Å². The Morgan fingerprint density at radius 3 is 1.49 bits per heavy atom. The van der Waals surface area contributed by atoms with Gasteiger partial charge in [-0.3, -0.25) is 0 Å². The maximum Gasteiger partial charge on any atom is 0.339 e. The molecule has 0 radical (unpaired) electrons. The molecule has 0 amide bonds. The predicted octanol–water partition coefficient (Wildman–Crippen LogP) is 8.52. The summed E-state index contributed by atoms with van der Waals surface area (Å²) in [6.45, 7) is 15.4. The lowest BCUT2D eigenvalue weighted by Crippen LogP contribution is -2.13. The summed E-state index contributed by atoms with van der Waals surface area (Å²) in [6.07, 6.45) is 0.992. The first-order valence-corrected chi connectivity index (χ1v) is 15.2. The molecule has 0 saturated heterocycles. The number of ether oxygens (including phenoxy) is 1. The van der Waals surface area contributed by atoms with Crippen LogP contribution >= 0.6 is 0 Å². The highest BCUT2D eigenvalue weighted by Gasteiger charge is 2.18. The molecule has 7 heteroatoms. The third-order valence-electron chi connectivity index (χ3n) is 7.59. The average Bonchev–Trinajstić information content (AvgIpc) is 3.00. The van der Waals surface area contributed by atoms with Gasteiger partial charge in [0.2, 0.25) is 0 Å². The van der Waals surface area contributed by atoms with Crippen molar-refractivity contribution >= 4 is 23.3 Å². The number of rotatable bonds is 7. The van der Waals surface area contributed by atoms with Crippen LogP contribution in [-0.4, -0.2) is 22.2 Å². The van der Waals surface area contributed by atoms with Gasteiger partial charge in [-0.2, -0.15) is 0 Å². The van der Waals surface area contributed by atoms with Crippen molar-refractivity contribution in [2.45, 2.75) is 80.4 Å². The van der Waals surface area contributed by atoms with Gasteiger partial charge in [0.1, 0.15) is 6.10 Å². The van der Waals surface area contributed by atoms with E-state index in [1.807, 2.05) is 96.1 Å². The highest BCUT2D eigenvalue weighted by molar-refractivity contribution is 5.92. The average molecular weight is 613 g/mol. The van der Waals surface area contributed by atoms with Crippen molar-refractivity contribution in [3.05, 3.63) is 128 Å². The van der Waals surface area contributed by atoms with E-state index in [0.717, 1.165) is 40.7 Å². The maximum atomic E-state index is 12.5. The first kappa shape index (κ1) is 36.6. The zero-order chi connectivity index (χ0) is 33.8. The highest BCUT2D eigenvalue weighted by Crippen LogP contribution is 2.25. The monoisotopic (exact) mass is 612 g/mol. The highest BCUT2D eigenvalue weighted by atomic mass is 16.5. The minimum absolute atomic E-state index is 0.231. The molecule has 0 spiro atoms. The lowest BCUT2D eigenvalue weighted by molar-refractivity contribution is 0.0286. The standard InChI is InChI=1S/C19H23NO2.C10H14O.C9H11NO2/c1-5-18(15-8-6-12(2)7-9-15)22-19(21)16-10-14(4)17(20)11-13(16)3;1-3-10(11)9-6-4-8(2)5-7-9;1-5-4-8(10)6(2)3-7(5)9(11)12/h6-11,18H,5,20H2,1-4H3;4-7,10-11H,3H2,1-2H3;3-4H,10H2,1-2H3,(H,11,12). The van der Waals surface area contributed by atoms with Gasteiger partial charge in [-0.1, -0.05) is 73.5 Å². The number of carboxylic acids is 1. The zero-order valence-electron chi connectivity index (χ0n) is 27.8. The van der Waals surface area contributed by atoms with E-state index < -0.39 is 5.97 Å². The van der Waals surface area contributed by atoms with Crippen LogP contribution in [0.25, 0.3) is 0 Å². The molecule has 0 bridgehead atoms. The summed E-state index contributed by atoms with van der Waals surface area (Å²) in [5.74, 6) is -1.20. The molecule has 0 saturated carbocycles. The molecule has 4 aromatic rings. The molecule has 4 aromatic carbocycles. The van der Waals surface area contributed by atoms with Crippen LogP contribution in [0.3, 0.4) is 0 Å².